The summed E-state index contributed by atoms with van der Waals surface area (Å²) >= 11 is 1.63. The monoisotopic (exact) mass is 338 g/mol. The second-order valence-electron chi connectivity index (χ2n) is 5.72. The van der Waals surface area contributed by atoms with Gasteiger partial charge in [-0.25, -0.2) is 4.68 Å². The molecule has 4 rings (SSSR count). The Hall–Kier alpha value is -2.47. The summed E-state index contributed by atoms with van der Waals surface area (Å²) in [5, 5.41) is 15.0. The van der Waals surface area contributed by atoms with E-state index in [0.29, 0.717) is 0 Å². The summed E-state index contributed by atoms with van der Waals surface area (Å²) in [5.74, 6) is 0.781. The first-order chi connectivity index (χ1) is 11.8. The zero-order chi connectivity index (χ0) is 16.4. The molecule has 5 nitrogen and oxygen atoms in total. The molecule has 1 aliphatic carbocycles. The third-order valence-electron chi connectivity index (χ3n) is 4.18. The number of allylic oxidation sites excluding steroid dienone is 2. The predicted octanol–water partition coefficient (Wildman–Crippen LogP) is 4.36. The van der Waals surface area contributed by atoms with Crippen LogP contribution in [0.2, 0.25) is 0 Å². The van der Waals surface area contributed by atoms with E-state index in [1.54, 1.807) is 24.6 Å². The number of aromatic nitrogens is 4. The highest BCUT2D eigenvalue weighted by atomic mass is 32.1. The molecule has 0 radical (unpaired) electrons. The van der Waals surface area contributed by atoms with Crippen LogP contribution in [0.25, 0.3) is 21.8 Å². The summed E-state index contributed by atoms with van der Waals surface area (Å²) in [6.07, 6.45) is 10.7. The summed E-state index contributed by atoms with van der Waals surface area (Å²) in [6.45, 7) is 0. The van der Waals surface area contributed by atoms with E-state index in [2.05, 4.69) is 21.4 Å². The highest BCUT2D eigenvalue weighted by Crippen LogP contribution is 2.36. The van der Waals surface area contributed by atoms with Gasteiger partial charge in [0, 0.05) is 18.5 Å². The number of benzene rings is 1. The Morgan fingerprint density at radius 2 is 2.08 bits per heavy atom. The summed E-state index contributed by atoms with van der Waals surface area (Å²) in [5.41, 5.74) is 3.26. The molecular weight excluding hydrogens is 320 g/mol. The van der Waals surface area contributed by atoms with E-state index in [1.807, 2.05) is 35.1 Å². The average molecular weight is 338 g/mol. The van der Waals surface area contributed by atoms with Gasteiger partial charge in [-0.15, -0.1) is 10.2 Å². The van der Waals surface area contributed by atoms with E-state index in [-0.39, 0.29) is 0 Å². The zero-order valence-electron chi connectivity index (χ0n) is 13.5. The van der Waals surface area contributed by atoms with Crippen LogP contribution in [0.3, 0.4) is 0 Å². The Morgan fingerprint density at radius 1 is 1.17 bits per heavy atom. The van der Waals surface area contributed by atoms with Crippen LogP contribution >= 0.6 is 11.3 Å². The van der Waals surface area contributed by atoms with Crippen LogP contribution in [-0.2, 0) is 0 Å². The fourth-order valence-corrected chi connectivity index (χ4v) is 3.86. The van der Waals surface area contributed by atoms with Gasteiger partial charge in [0.15, 0.2) is 5.01 Å². The van der Waals surface area contributed by atoms with Gasteiger partial charge in [0.25, 0.3) is 0 Å². The molecule has 0 saturated carbocycles. The highest BCUT2D eigenvalue weighted by molar-refractivity contribution is 7.15. The zero-order valence-corrected chi connectivity index (χ0v) is 14.3. The van der Waals surface area contributed by atoms with Crippen molar-refractivity contribution in [3.05, 3.63) is 47.7 Å². The van der Waals surface area contributed by atoms with Gasteiger partial charge < -0.3 is 4.74 Å². The lowest BCUT2D eigenvalue weighted by Gasteiger charge is -2.09. The SMILES string of the molecule is COc1cc(-n2cccn2)ccc1-c1nnc(C2=CCCCC2)s1. The van der Waals surface area contributed by atoms with Crippen LogP contribution in [0.1, 0.15) is 30.7 Å². The Kier molecular flexibility index (Phi) is 4.13. The molecule has 0 fully saturated rings. The Balaban J connectivity index is 1.69. The minimum absolute atomic E-state index is 0.781. The number of methoxy groups -OCH3 is 1. The first-order valence-corrected chi connectivity index (χ1v) is 8.88. The van der Waals surface area contributed by atoms with Gasteiger partial charge in [-0.05, 0) is 49.5 Å². The Bertz CT molecular complexity index is 867. The molecule has 2 heterocycles. The lowest BCUT2D eigenvalue weighted by atomic mass is 10.0. The topological polar surface area (TPSA) is 52.8 Å². The maximum Gasteiger partial charge on any atom is 0.151 e. The van der Waals surface area contributed by atoms with E-state index in [9.17, 15) is 0 Å². The van der Waals surface area contributed by atoms with E-state index in [1.165, 1.54) is 18.4 Å². The molecule has 0 bridgehead atoms. The molecule has 0 saturated heterocycles. The van der Waals surface area contributed by atoms with Gasteiger partial charge >= 0.3 is 0 Å². The summed E-state index contributed by atoms with van der Waals surface area (Å²) in [4.78, 5) is 0. The first kappa shape index (κ1) is 15.1. The molecule has 0 unspecified atom stereocenters. The fourth-order valence-electron chi connectivity index (χ4n) is 2.91. The molecule has 0 N–H and O–H groups in total. The molecule has 0 amide bonds. The van der Waals surface area contributed by atoms with Gasteiger partial charge in [-0.1, -0.05) is 17.4 Å². The van der Waals surface area contributed by atoms with Crippen molar-refractivity contribution in [3.8, 4) is 22.0 Å². The predicted molar refractivity (Wildman–Crippen MR) is 95.5 cm³/mol. The quantitative estimate of drug-likeness (QED) is 0.709. The molecule has 0 atom stereocenters. The van der Waals surface area contributed by atoms with Crippen molar-refractivity contribution >= 4 is 16.9 Å². The fraction of sp³-hybridized carbons (Fsp3) is 0.278. The van der Waals surface area contributed by atoms with Crippen LogP contribution in [0.4, 0.5) is 0 Å². The lowest BCUT2D eigenvalue weighted by Crippen LogP contribution is -1.96. The van der Waals surface area contributed by atoms with Crippen molar-refractivity contribution in [1.82, 2.24) is 20.0 Å². The van der Waals surface area contributed by atoms with Crippen molar-refractivity contribution < 1.29 is 4.74 Å². The number of nitrogens with zero attached hydrogens (tertiary/aromatic N) is 4. The molecular formula is C18H18N4OS. The number of rotatable bonds is 4. The third kappa shape index (κ3) is 2.85. The first-order valence-electron chi connectivity index (χ1n) is 8.06. The van der Waals surface area contributed by atoms with E-state index >= 15 is 0 Å². The van der Waals surface area contributed by atoms with Crippen LogP contribution < -0.4 is 4.74 Å². The van der Waals surface area contributed by atoms with Gasteiger partial charge in [-0.3, -0.25) is 0 Å². The van der Waals surface area contributed by atoms with Crippen LogP contribution in [-0.4, -0.2) is 27.1 Å². The highest BCUT2D eigenvalue weighted by Gasteiger charge is 2.16. The summed E-state index contributed by atoms with van der Waals surface area (Å²) < 4.78 is 7.39. The average Bonchev–Trinajstić information content (AvgIpc) is 3.34. The third-order valence-corrected chi connectivity index (χ3v) is 5.21. The van der Waals surface area contributed by atoms with Crippen LogP contribution in [0.5, 0.6) is 5.75 Å². The molecule has 6 heteroatoms. The lowest BCUT2D eigenvalue weighted by molar-refractivity contribution is 0.416. The molecule has 2 aromatic heterocycles. The minimum atomic E-state index is 0.781. The smallest absolute Gasteiger partial charge is 0.151 e. The summed E-state index contributed by atoms with van der Waals surface area (Å²) in [6, 6.07) is 7.92. The van der Waals surface area contributed by atoms with Crippen LogP contribution in [0.15, 0.2) is 42.7 Å². The van der Waals surface area contributed by atoms with Crippen molar-refractivity contribution in [2.45, 2.75) is 25.7 Å². The second kappa shape index (κ2) is 6.57. The largest absolute Gasteiger partial charge is 0.496 e. The minimum Gasteiger partial charge on any atom is -0.496 e. The molecule has 0 spiro atoms. The van der Waals surface area contributed by atoms with Crippen molar-refractivity contribution in [1.29, 1.82) is 0 Å². The standard InChI is InChI=1S/C18H18N4OS/c1-23-16-12-14(22-11-5-10-19-22)8-9-15(16)18-21-20-17(24-18)13-6-3-2-4-7-13/h5-6,8-12H,2-4,7H2,1H3. The Labute approximate surface area is 144 Å². The Morgan fingerprint density at radius 3 is 2.83 bits per heavy atom. The van der Waals surface area contributed by atoms with Gasteiger partial charge in [0.05, 0.1) is 18.4 Å². The van der Waals surface area contributed by atoms with Crippen molar-refractivity contribution in [2.75, 3.05) is 7.11 Å². The number of ether oxygens (including phenoxy) is 1. The van der Waals surface area contributed by atoms with E-state index in [0.717, 1.165) is 39.9 Å². The number of hydrogen-bond acceptors (Lipinski definition) is 5. The maximum absolute atomic E-state index is 5.58. The van der Waals surface area contributed by atoms with Crippen molar-refractivity contribution in [3.63, 3.8) is 0 Å². The molecule has 24 heavy (non-hydrogen) atoms. The molecule has 1 aromatic carbocycles. The van der Waals surface area contributed by atoms with Gasteiger partial charge in [0.1, 0.15) is 10.8 Å². The normalized spacial score (nSPS) is 14.5. The second-order valence-corrected chi connectivity index (χ2v) is 6.70. The molecule has 122 valence electrons. The molecule has 1 aliphatic rings. The van der Waals surface area contributed by atoms with E-state index < -0.39 is 0 Å². The van der Waals surface area contributed by atoms with Crippen molar-refractivity contribution in [2.24, 2.45) is 0 Å². The molecule has 3 aromatic rings. The van der Waals surface area contributed by atoms with Gasteiger partial charge in [-0.2, -0.15) is 5.10 Å². The van der Waals surface area contributed by atoms with E-state index in [4.69, 9.17) is 4.74 Å². The number of hydrogen-bond donors (Lipinski definition) is 0. The van der Waals surface area contributed by atoms with Gasteiger partial charge in [0.2, 0.25) is 0 Å². The molecule has 0 aliphatic heterocycles. The van der Waals surface area contributed by atoms with Crippen LogP contribution in [0, 0.1) is 0 Å². The summed E-state index contributed by atoms with van der Waals surface area (Å²) in [7, 11) is 1.68. The maximum atomic E-state index is 5.58.